The zero-order valence-electron chi connectivity index (χ0n) is 18.8. The highest BCUT2D eigenvalue weighted by molar-refractivity contribution is 9.11. The Kier molecular flexibility index (Phi) is 8.17. The number of halogens is 3. The molecule has 2 aromatic carbocycles. The molecule has 3 aromatic rings. The van der Waals surface area contributed by atoms with Gasteiger partial charge in [-0.3, -0.25) is 4.79 Å². The summed E-state index contributed by atoms with van der Waals surface area (Å²) in [4.78, 5) is 14.8. The molecule has 186 valence electrons. The topological polar surface area (TPSA) is 66.9 Å². The van der Waals surface area contributed by atoms with Crippen molar-refractivity contribution in [3.63, 3.8) is 0 Å². The first-order chi connectivity index (χ1) is 16.6. The van der Waals surface area contributed by atoms with Gasteiger partial charge in [0, 0.05) is 44.2 Å². The second-order valence-corrected chi connectivity index (χ2v) is 13.3. The number of carbonyl (C=O) groups excluding carboxylic acids is 1. The zero-order chi connectivity index (χ0) is 25.2. The number of ether oxygens (including phenoxy) is 1. The van der Waals surface area contributed by atoms with Crippen molar-refractivity contribution in [2.75, 3.05) is 20.1 Å². The monoisotopic (exact) mass is 600 g/mol. The molecule has 0 N–H and O–H groups in total. The Morgan fingerprint density at radius 1 is 1.20 bits per heavy atom. The van der Waals surface area contributed by atoms with Gasteiger partial charge in [0.15, 0.2) is 0 Å². The lowest BCUT2D eigenvalue weighted by molar-refractivity contribution is -0.135. The minimum absolute atomic E-state index is 0.0349. The summed E-state index contributed by atoms with van der Waals surface area (Å²) in [5.41, 5.74) is 0.784. The molecule has 1 aliphatic rings. The van der Waals surface area contributed by atoms with Crippen molar-refractivity contribution >= 4 is 54.8 Å². The molecule has 1 aromatic heterocycles. The van der Waals surface area contributed by atoms with Crippen LogP contribution in [0.4, 0.5) is 4.39 Å². The van der Waals surface area contributed by atoms with E-state index in [2.05, 4.69) is 15.9 Å². The van der Waals surface area contributed by atoms with Crippen LogP contribution in [0.3, 0.4) is 0 Å². The van der Waals surface area contributed by atoms with E-state index in [4.69, 9.17) is 16.3 Å². The van der Waals surface area contributed by atoms with Crippen molar-refractivity contribution < 1.29 is 22.3 Å². The molecule has 0 aliphatic carbocycles. The molecule has 0 atom stereocenters. The number of sulfonamides is 1. The highest BCUT2D eigenvalue weighted by atomic mass is 79.9. The number of piperidine rings is 1. The van der Waals surface area contributed by atoms with E-state index in [1.165, 1.54) is 33.8 Å². The van der Waals surface area contributed by atoms with E-state index in [0.717, 1.165) is 9.35 Å². The minimum atomic E-state index is -3.55. The number of thiophene rings is 1. The summed E-state index contributed by atoms with van der Waals surface area (Å²) in [6, 6.07) is 14.7. The number of amides is 1. The smallest absolute Gasteiger partial charge is 0.252 e. The molecule has 0 unspecified atom stereocenters. The van der Waals surface area contributed by atoms with Crippen LogP contribution in [0.2, 0.25) is 5.02 Å². The lowest BCUT2D eigenvalue weighted by Crippen LogP contribution is -2.43. The van der Waals surface area contributed by atoms with Crippen LogP contribution in [0.15, 0.2) is 62.6 Å². The Hall–Kier alpha value is -1.98. The first-order valence-corrected chi connectivity index (χ1v) is 14.3. The quantitative estimate of drug-likeness (QED) is 0.326. The van der Waals surface area contributed by atoms with Crippen LogP contribution in [-0.4, -0.2) is 43.7 Å². The Labute approximate surface area is 221 Å². The summed E-state index contributed by atoms with van der Waals surface area (Å²) in [5, 5.41) is -0.0349. The van der Waals surface area contributed by atoms with Gasteiger partial charge in [0.2, 0.25) is 5.91 Å². The maximum absolute atomic E-state index is 13.5. The molecular weight excluding hydrogens is 579 g/mol. The van der Waals surface area contributed by atoms with Gasteiger partial charge in [0.1, 0.15) is 21.5 Å². The lowest BCUT2D eigenvalue weighted by Gasteiger charge is -2.32. The van der Waals surface area contributed by atoms with Crippen LogP contribution in [0.25, 0.3) is 0 Å². The molecule has 0 bridgehead atoms. The van der Waals surface area contributed by atoms with Crippen LogP contribution < -0.4 is 4.74 Å². The average molecular weight is 602 g/mol. The normalized spacial score (nSPS) is 15.2. The fourth-order valence-electron chi connectivity index (χ4n) is 3.95. The van der Waals surface area contributed by atoms with E-state index < -0.39 is 15.8 Å². The summed E-state index contributed by atoms with van der Waals surface area (Å²) in [6.45, 7) is 0.909. The van der Waals surface area contributed by atoms with Crippen LogP contribution >= 0.6 is 38.9 Å². The first-order valence-electron chi connectivity index (χ1n) is 10.9. The van der Waals surface area contributed by atoms with Crippen molar-refractivity contribution in [1.29, 1.82) is 0 Å². The first kappa shape index (κ1) is 26.1. The summed E-state index contributed by atoms with van der Waals surface area (Å²) in [7, 11) is -1.83. The Morgan fingerprint density at radius 2 is 1.91 bits per heavy atom. The van der Waals surface area contributed by atoms with E-state index in [1.807, 2.05) is 18.2 Å². The minimum Gasteiger partial charge on any atom is -0.457 e. The summed E-state index contributed by atoms with van der Waals surface area (Å²) < 4.78 is 47.6. The Bertz CT molecular complexity index is 1330. The lowest BCUT2D eigenvalue weighted by atomic mass is 9.96. The fraction of sp³-hybridized carbons (Fsp3) is 0.292. The molecule has 0 saturated carbocycles. The highest BCUT2D eigenvalue weighted by Crippen LogP contribution is 2.32. The predicted molar refractivity (Wildman–Crippen MR) is 138 cm³/mol. The van der Waals surface area contributed by atoms with Crippen LogP contribution in [0.5, 0.6) is 11.5 Å². The molecule has 0 radical (unpaired) electrons. The summed E-state index contributed by atoms with van der Waals surface area (Å²) in [5.74, 6) is 0.104. The SMILES string of the molecule is CN(Cc1ccccc1Oc1ccc(F)c(Cl)c1)C(=O)C1CCN(S(=O)(=O)c2ccc(Br)s2)CC1. The molecule has 1 saturated heterocycles. The van der Waals surface area contributed by atoms with Crippen LogP contribution in [-0.2, 0) is 21.4 Å². The van der Waals surface area contributed by atoms with Crippen LogP contribution in [0.1, 0.15) is 18.4 Å². The van der Waals surface area contributed by atoms with Crippen LogP contribution in [0, 0.1) is 11.7 Å². The van der Waals surface area contributed by atoms with Gasteiger partial charge < -0.3 is 9.64 Å². The van der Waals surface area contributed by atoms with Gasteiger partial charge in [0.25, 0.3) is 10.0 Å². The Morgan fingerprint density at radius 3 is 2.57 bits per heavy atom. The number of nitrogens with zero attached hydrogens (tertiary/aromatic N) is 2. The number of para-hydroxylation sites is 1. The van der Waals surface area contributed by atoms with E-state index in [1.54, 1.807) is 30.1 Å². The fourth-order valence-corrected chi connectivity index (χ4v) is 7.76. The molecule has 0 spiro atoms. The van der Waals surface area contributed by atoms with Crippen molar-refractivity contribution in [2.45, 2.75) is 23.6 Å². The van der Waals surface area contributed by atoms with Crippen molar-refractivity contribution in [3.05, 3.63) is 74.8 Å². The predicted octanol–water partition coefficient (Wildman–Crippen LogP) is 6.15. The van der Waals surface area contributed by atoms with E-state index >= 15 is 0 Å². The molecule has 6 nitrogen and oxygen atoms in total. The van der Waals surface area contributed by atoms with Gasteiger partial charge >= 0.3 is 0 Å². The van der Waals surface area contributed by atoms with Crippen molar-refractivity contribution in [3.8, 4) is 11.5 Å². The molecular formula is C24H23BrClFN2O4S2. The summed E-state index contributed by atoms with van der Waals surface area (Å²) >= 11 is 10.3. The Balaban J connectivity index is 1.38. The second kappa shape index (κ2) is 11.0. The van der Waals surface area contributed by atoms with Gasteiger partial charge in [-0.05, 0) is 59.1 Å². The van der Waals surface area contributed by atoms with Gasteiger partial charge in [-0.1, -0.05) is 29.8 Å². The molecule has 4 rings (SSSR count). The zero-order valence-corrected chi connectivity index (χ0v) is 22.8. The van der Waals surface area contributed by atoms with Crippen molar-refractivity contribution in [1.82, 2.24) is 9.21 Å². The maximum atomic E-state index is 13.5. The second-order valence-electron chi connectivity index (χ2n) is 8.22. The molecule has 1 aliphatic heterocycles. The van der Waals surface area contributed by atoms with Gasteiger partial charge in [-0.25, -0.2) is 12.8 Å². The van der Waals surface area contributed by atoms with E-state index in [9.17, 15) is 17.6 Å². The molecule has 11 heteroatoms. The number of benzene rings is 2. The van der Waals surface area contributed by atoms with Gasteiger partial charge in [-0.2, -0.15) is 4.31 Å². The number of hydrogen-bond acceptors (Lipinski definition) is 5. The highest BCUT2D eigenvalue weighted by Gasteiger charge is 2.34. The van der Waals surface area contributed by atoms with Gasteiger partial charge in [-0.15, -0.1) is 11.3 Å². The number of rotatable bonds is 7. The molecule has 35 heavy (non-hydrogen) atoms. The third-order valence-electron chi connectivity index (χ3n) is 5.82. The standard InChI is InChI=1S/C24H23BrClFN2O4S2/c1-28(15-17-4-2-3-5-21(17)33-18-6-7-20(27)19(26)14-18)24(30)16-10-12-29(13-11-16)35(31,32)23-9-8-22(25)34-23/h2-9,14,16H,10-13,15H2,1H3. The largest absolute Gasteiger partial charge is 0.457 e. The van der Waals surface area contributed by atoms with E-state index in [0.29, 0.717) is 48.2 Å². The van der Waals surface area contributed by atoms with E-state index in [-0.39, 0.29) is 16.8 Å². The average Bonchev–Trinajstić information content (AvgIpc) is 3.29. The third kappa shape index (κ3) is 6.06. The van der Waals surface area contributed by atoms with Crippen molar-refractivity contribution in [2.24, 2.45) is 5.92 Å². The third-order valence-corrected chi connectivity index (χ3v) is 10.1. The molecule has 1 fully saturated rings. The maximum Gasteiger partial charge on any atom is 0.252 e. The summed E-state index contributed by atoms with van der Waals surface area (Å²) in [6.07, 6.45) is 0.919. The van der Waals surface area contributed by atoms with Gasteiger partial charge in [0.05, 0.1) is 8.81 Å². The number of hydrogen-bond donors (Lipinski definition) is 0. The molecule has 2 heterocycles. The molecule has 1 amide bonds. The number of carbonyl (C=O) groups is 1.